The van der Waals surface area contributed by atoms with Crippen LogP contribution in [0, 0.1) is 0 Å². The molecule has 0 amide bonds. The third-order valence-electron chi connectivity index (χ3n) is 3.23. The second-order valence-corrected chi connectivity index (χ2v) is 6.94. The number of nitrogens with one attached hydrogen (secondary N) is 2. The molecule has 1 fully saturated rings. The normalized spacial score (nSPS) is 18.6. The lowest BCUT2D eigenvalue weighted by atomic mass is 10.2. The number of rotatable bonds is 8. The molecule has 1 aliphatic heterocycles. The third-order valence-corrected chi connectivity index (χ3v) is 4.57. The highest BCUT2D eigenvalue weighted by atomic mass is 32.2. The number of ether oxygens (including phenoxy) is 1. The van der Waals surface area contributed by atoms with Gasteiger partial charge in [0.1, 0.15) is 5.82 Å². The van der Waals surface area contributed by atoms with Crippen molar-refractivity contribution in [3.8, 4) is 0 Å². The SMILES string of the molecule is CCCCS(=O)(=O)Nc1ccc(NCC2CCCO2)nn1. The van der Waals surface area contributed by atoms with Crippen molar-refractivity contribution in [2.24, 2.45) is 0 Å². The van der Waals surface area contributed by atoms with E-state index in [1.807, 2.05) is 6.92 Å². The van der Waals surface area contributed by atoms with Gasteiger partial charge in [-0.2, -0.15) is 0 Å². The lowest BCUT2D eigenvalue weighted by molar-refractivity contribution is 0.120. The van der Waals surface area contributed by atoms with Gasteiger partial charge < -0.3 is 10.1 Å². The summed E-state index contributed by atoms with van der Waals surface area (Å²) < 4.78 is 31.4. The molecule has 0 saturated carbocycles. The molecule has 8 heteroatoms. The van der Waals surface area contributed by atoms with Gasteiger partial charge >= 0.3 is 0 Å². The van der Waals surface area contributed by atoms with E-state index in [2.05, 4.69) is 20.2 Å². The fraction of sp³-hybridized carbons (Fsp3) is 0.692. The van der Waals surface area contributed by atoms with Crippen molar-refractivity contribution in [2.75, 3.05) is 28.9 Å². The Labute approximate surface area is 125 Å². The molecule has 1 aromatic rings. The summed E-state index contributed by atoms with van der Waals surface area (Å²) in [4.78, 5) is 0. The predicted molar refractivity (Wildman–Crippen MR) is 81.8 cm³/mol. The van der Waals surface area contributed by atoms with Gasteiger partial charge in [0.15, 0.2) is 5.82 Å². The molecule has 0 bridgehead atoms. The Morgan fingerprint density at radius 2 is 2.10 bits per heavy atom. The number of sulfonamides is 1. The highest BCUT2D eigenvalue weighted by Gasteiger charge is 2.15. The van der Waals surface area contributed by atoms with Gasteiger partial charge in [-0.3, -0.25) is 4.72 Å². The second kappa shape index (κ2) is 7.56. The molecule has 2 heterocycles. The molecule has 2 rings (SSSR count). The van der Waals surface area contributed by atoms with Crippen LogP contribution in [0.2, 0.25) is 0 Å². The summed E-state index contributed by atoms with van der Waals surface area (Å²) in [5.74, 6) is 0.959. The molecule has 7 nitrogen and oxygen atoms in total. The number of aromatic nitrogens is 2. The maximum absolute atomic E-state index is 11.7. The van der Waals surface area contributed by atoms with Crippen LogP contribution in [0.3, 0.4) is 0 Å². The van der Waals surface area contributed by atoms with Crippen molar-refractivity contribution in [1.82, 2.24) is 10.2 Å². The summed E-state index contributed by atoms with van der Waals surface area (Å²) in [6.45, 7) is 3.45. The Morgan fingerprint density at radius 3 is 2.71 bits per heavy atom. The number of unbranched alkanes of at least 4 members (excludes halogenated alkanes) is 1. The summed E-state index contributed by atoms with van der Waals surface area (Å²) >= 11 is 0. The molecule has 0 aromatic carbocycles. The van der Waals surface area contributed by atoms with Crippen LogP contribution >= 0.6 is 0 Å². The highest BCUT2D eigenvalue weighted by Crippen LogP contribution is 2.13. The fourth-order valence-corrected chi connectivity index (χ4v) is 3.25. The molecule has 1 unspecified atom stereocenters. The summed E-state index contributed by atoms with van der Waals surface area (Å²) in [7, 11) is -3.33. The molecule has 1 saturated heterocycles. The summed E-state index contributed by atoms with van der Waals surface area (Å²) in [5, 5.41) is 11.0. The van der Waals surface area contributed by atoms with Crippen LogP contribution < -0.4 is 10.0 Å². The molecular weight excluding hydrogens is 292 g/mol. The molecule has 2 N–H and O–H groups in total. The van der Waals surface area contributed by atoms with Crippen LogP contribution in [0.25, 0.3) is 0 Å². The van der Waals surface area contributed by atoms with Crippen molar-refractivity contribution in [2.45, 2.75) is 38.7 Å². The van der Waals surface area contributed by atoms with Crippen LogP contribution in [0.15, 0.2) is 12.1 Å². The van der Waals surface area contributed by atoms with Crippen LogP contribution in [-0.2, 0) is 14.8 Å². The summed E-state index contributed by atoms with van der Waals surface area (Å²) in [5.41, 5.74) is 0. The van der Waals surface area contributed by atoms with Gasteiger partial charge in [0.05, 0.1) is 11.9 Å². The predicted octanol–water partition coefficient (Wildman–Crippen LogP) is 1.61. The van der Waals surface area contributed by atoms with Gasteiger partial charge in [0.25, 0.3) is 0 Å². The zero-order chi connectivity index (χ0) is 15.1. The molecule has 0 spiro atoms. The van der Waals surface area contributed by atoms with Crippen LogP contribution in [0.5, 0.6) is 0 Å². The number of anilines is 2. The average molecular weight is 314 g/mol. The average Bonchev–Trinajstić information content (AvgIpc) is 2.97. The molecule has 0 aliphatic carbocycles. The van der Waals surface area contributed by atoms with E-state index in [0.29, 0.717) is 18.8 Å². The van der Waals surface area contributed by atoms with E-state index in [1.165, 1.54) is 0 Å². The number of hydrogen-bond donors (Lipinski definition) is 2. The highest BCUT2D eigenvalue weighted by molar-refractivity contribution is 7.92. The Hall–Kier alpha value is -1.41. The zero-order valence-electron chi connectivity index (χ0n) is 12.2. The fourth-order valence-electron chi connectivity index (χ4n) is 2.05. The van der Waals surface area contributed by atoms with Gasteiger partial charge in [-0.25, -0.2) is 8.42 Å². The van der Waals surface area contributed by atoms with Gasteiger partial charge in [-0.05, 0) is 31.4 Å². The molecule has 1 aliphatic rings. The Kier molecular flexibility index (Phi) is 5.75. The molecule has 118 valence electrons. The lowest BCUT2D eigenvalue weighted by Crippen LogP contribution is -2.20. The van der Waals surface area contributed by atoms with Gasteiger partial charge in [0, 0.05) is 13.2 Å². The van der Waals surface area contributed by atoms with Crippen molar-refractivity contribution in [3.63, 3.8) is 0 Å². The van der Waals surface area contributed by atoms with Crippen molar-refractivity contribution in [1.29, 1.82) is 0 Å². The second-order valence-electron chi connectivity index (χ2n) is 5.09. The molecule has 1 atom stereocenters. The lowest BCUT2D eigenvalue weighted by Gasteiger charge is -2.11. The first-order valence-electron chi connectivity index (χ1n) is 7.29. The van der Waals surface area contributed by atoms with Gasteiger partial charge in [-0.15, -0.1) is 10.2 Å². The minimum absolute atomic E-state index is 0.101. The zero-order valence-corrected chi connectivity index (χ0v) is 13.0. The number of nitrogens with zero attached hydrogens (tertiary/aromatic N) is 2. The Balaban J connectivity index is 1.83. The minimum atomic E-state index is -3.33. The smallest absolute Gasteiger partial charge is 0.233 e. The van der Waals surface area contributed by atoms with Crippen LogP contribution in [-0.4, -0.2) is 43.6 Å². The summed E-state index contributed by atoms with van der Waals surface area (Å²) in [6.07, 6.45) is 3.83. The van der Waals surface area contributed by atoms with Crippen LogP contribution in [0.4, 0.5) is 11.6 Å². The van der Waals surface area contributed by atoms with Crippen molar-refractivity contribution >= 4 is 21.7 Å². The van der Waals surface area contributed by atoms with E-state index < -0.39 is 10.0 Å². The first-order valence-corrected chi connectivity index (χ1v) is 8.94. The number of hydrogen-bond acceptors (Lipinski definition) is 6. The Bertz CT molecular complexity index is 527. The largest absolute Gasteiger partial charge is 0.376 e. The molecule has 21 heavy (non-hydrogen) atoms. The summed E-state index contributed by atoms with van der Waals surface area (Å²) in [6, 6.07) is 3.31. The molecule has 1 aromatic heterocycles. The van der Waals surface area contributed by atoms with Crippen molar-refractivity contribution < 1.29 is 13.2 Å². The third kappa shape index (κ3) is 5.47. The van der Waals surface area contributed by atoms with Crippen LogP contribution in [0.1, 0.15) is 32.6 Å². The van der Waals surface area contributed by atoms with Gasteiger partial charge in [-0.1, -0.05) is 13.3 Å². The van der Waals surface area contributed by atoms with E-state index in [0.717, 1.165) is 25.9 Å². The van der Waals surface area contributed by atoms with Gasteiger partial charge in [0.2, 0.25) is 10.0 Å². The molecular formula is C13H22N4O3S. The van der Waals surface area contributed by atoms with Crippen molar-refractivity contribution in [3.05, 3.63) is 12.1 Å². The maximum Gasteiger partial charge on any atom is 0.233 e. The van der Waals surface area contributed by atoms with E-state index in [1.54, 1.807) is 12.1 Å². The van der Waals surface area contributed by atoms with E-state index >= 15 is 0 Å². The Morgan fingerprint density at radius 1 is 1.33 bits per heavy atom. The minimum Gasteiger partial charge on any atom is -0.376 e. The topological polar surface area (TPSA) is 93.2 Å². The first kappa shape index (κ1) is 16.0. The quantitative estimate of drug-likeness (QED) is 0.757. The van der Waals surface area contributed by atoms with E-state index in [-0.39, 0.29) is 17.7 Å². The maximum atomic E-state index is 11.7. The first-order chi connectivity index (χ1) is 10.1. The molecule has 0 radical (unpaired) electrons. The monoisotopic (exact) mass is 314 g/mol. The standard InChI is InChI=1S/C13H22N4O3S/c1-2-3-9-21(18,19)17-13-7-6-12(15-16-13)14-10-11-5-4-8-20-11/h6-7,11H,2-5,8-10H2,1H3,(H,14,15)(H,16,17). The van der Waals surface area contributed by atoms with E-state index in [9.17, 15) is 8.42 Å². The van der Waals surface area contributed by atoms with E-state index in [4.69, 9.17) is 4.74 Å².